The number of carbonyl (C=O) groups is 5. The first-order valence-electron chi connectivity index (χ1n) is 8.90. The summed E-state index contributed by atoms with van der Waals surface area (Å²) >= 11 is 0. The first kappa shape index (κ1) is 19.9. The van der Waals surface area contributed by atoms with Gasteiger partial charge >= 0.3 is 12.0 Å². The van der Waals surface area contributed by atoms with E-state index in [1.165, 1.54) is 0 Å². The molecule has 0 radical (unpaired) electrons. The highest BCUT2D eigenvalue weighted by Crippen LogP contribution is 2.37. The molecule has 2 N–H and O–H groups in total. The lowest BCUT2D eigenvalue weighted by Gasteiger charge is -2.19. The van der Waals surface area contributed by atoms with E-state index < -0.39 is 24.5 Å². The molecule has 144 valence electrons. The summed E-state index contributed by atoms with van der Waals surface area (Å²) < 4.78 is 4.78. The minimum absolute atomic E-state index is 0.0427. The molecule has 5 amide bonds. The summed E-state index contributed by atoms with van der Waals surface area (Å²) in [6, 6.07) is -0.804. The van der Waals surface area contributed by atoms with Crippen LogP contribution in [-0.2, 0) is 23.9 Å². The highest BCUT2D eigenvalue weighted by atomic mass is 16.5. The van der Waals surface area contributed by atoms with Crippen LogP contribution in [0.25, 0.3) is 0 Å². The number of likely N-dealkylation sites (tertiary alicyclic amines) is 1. The molecule has 9 nitrogen and oxygen atoms in total. The zero-order valence-electron chi connectivity index (χ0n) is 15.1. The molecule has 0 aromatic carbocycles. The average molecular weight is 367 g/mol. The highest BCUT2D eigenvalue weighted by molar-refractivity contribution is 6.05. The topological polar surface area (TPSA) is 122 Å². The molecule has 1 aliphatic carbocycles. The number of rotatable bonds is 6. The van der Waals surface area contributed by atoms with Gasteiger partial charge in [-0.05, 0) is 26.7 Å². The van der Waals surface area contributed by atoms with Crippen molar-refractivity contribution >= 4 is 29.7 Å². The molecule has 0 unspecified atom stereocenters. The molecule has 2 aliphatic rings. The Labute approximate surface area is 151 Å². The van der Waals surface area contributed by atoms with E-state index in [2.05, 4.69) is 5.32 Å². The Bertz CT molecular complexity index is 579. The van der Waals surface area contributed by atoms with Gasteiger partial charge in [0.2, 0.25) is 11.8 Å². The third-order valence-electron chi connectivity index (χ3n) is 4.51. The van der Waals surface area contributed by atoms with E-state index in [0.29, 0.717) is 0 Å². The maximum absolute atomic E-state index is 12.3. The number of carbonyl (C=O) groups excluding carboxylic acids is 5. The van der Waals surface area contributed by atoms with Crippen LogP contribution in [0.15, 0.2) is 0 Å². The van der Waals surface area contributed by atoms with Crippen molar-refractivity contribution in [2.45, 2.75) is 52.0 Å². The predicted octanol–water partition coefficient (Wildman–Crippen LogP) is 0.329. The van der Waals surface area contributed by atoms with E-state index in [1.54, 1.807) is 13.8 Å². The Hall–Kier alpha value is -2.45. The molecule has 0 bridgehead atoms. The number of nitrogens with one attached hydrogen (secondary N) is 2. The van der Waals surface area contributed by atoms with Gasteiger partial charge in [0.1, 0.15) is 0 Å². The highest BCUT2D eigenvalue weighted by Gasteiger charge is 2.47. The SMILES string of the molecule is CC(C)NC(=O)NC(=O)COC(=O)CCN1C(=O)[C@H]2CCCC[C@@H]2C1=O. The van der Waals surface area contributed by atoms with Gasteiger partial charge in [-0.1, -0.05) is 12.8 Å². The molecular formula is C17H25N3O6. The fourth-order valence-electron chi connectivity index (χ4n) is 3.33. The first-order valence-corrected chi connectivity index (χ1v) is 8.90. The summed E-state index contributed by atoms with van der Waals surface area (Å²) in [4.78, 5) is 60.3. The van der Waals surface area contributed by atoms with Gasteiger partial charge < -0.3 is 10.1 Å². The number of amides is 5. The van der Waals surface area contributed by atoms with Crippen molar-refractivity contribution in [3.05, 3.63) is 0 Å². The second-order valence-corrected chi connectivity index (χ2v) is 6.91. The average Bonchev–Trinajstić information content (AvgIpc) is 2.82. The lowest BCUT2D eigenvalue weighted by Crippen LogP contribution is -2.44. The number of urea groups is 1. The maximum atomic E-state index is 12.3. The van der Waals surface area contributed by atoms with Crippen LogP contribution in [0.4, 0.5) is 4.79 Å². The van der Waals surface area contributed by atoms with Crippen molar-refractivity contribution in [2.75, 3.05) is 13.2 Å². The van der Waals surface area contributed by atoms with E-state index in [-0.39, 0.29) is 42.7 Å². The number of nitrogens with zero attached hydrogens (tertiary/aromatic N) is 1. The van der Waals surface area contributed by atoms with Gasteiger partial charge in [0.25, 0.3) is 5.91 Å². The largest absolute Gasteiger partial charge is 0.456 e. The predicted molar refractivity (Wildman–Crippen MR) is 89.6 cm³/mol. The van der Waals surface area contributed by atoms with Gasteiger partial charge in [0.05, 0.1) is 18.3 Å². The zero-order valence-corrected chi connectivity index (χ0v) is 15.1. The monoisotopic (exact) mass is 367 g/mol. The van der Waals surface area contributed by atoms with E-state index >= 15 is 0 Å². The first-order chi connectivity index (χ1) is 12.3. The zero-order chi connectivity index (χ0) is 19.3. The fraction of sp³-hybridized carbons (Fsp3) is 0.706. The number of esters is 1. The summed E-state index contributed by atoms with van der Waals surface area (Å²) in [5.41, 5.74) is 0. The number of imide groups is 2. The molecule has 1 saturated carbocycles. The molecule has 0 aromatic heterocycles. The molecule has 26 heavy (non-hydrogen) atoms. The summed E-state index contributed by atoms with van der Waals surface area (Å²) in [5.74, 6) is -2.39. The minimum atomic E-state index is -0.754. The van der Waals surface area contributed by atoms with Crippen molar-refractivity contribution < 1.29 is 28.7 Å². The van der Waals surface area contributed by atoms with Crippen molar-refractivity contribution in [3.8, 4) is 0 Å². The van der Waals surface area contributed by atoms with Crippen LogP contribution < -0.4 is 10.6 Å². The minimum Gasteiger partial charge on any atom is -0.456 e. The molecule has 2 fully saturated rings. The fourth-order valence-corrected chi connectivity index (χ4v) is 3.33. The van der Waals surface area contributed by atoms with Gasteiger partial charge in [-0.25, -0.2) is 4.79 Å². The Kier molecular flexibility index (Phi) is 6.70. The number of hydrogen-bond donors (Lipinski definition) is 2. The molecule has 1 saturated heterocycles. The Morgan fingerprint density at radius 1 is 1.12 bits per heavy atom. The Balaban J connectivity index is 1.72. The Morgan fingerprint density at radius 2 is 1.69 bits per heavy atom. The molecule has 1 aliphatic heterocycles. The maximum Gasteiger partial charge on any atom is 0.321 e. The van der Waals surface area contributed by atoms with Gasteiger partial charge in [-0.3, -0.25) is 29.4 Å². The lowest BCUT2D eigenvalue weighted by atomic mass is 9.81. The molecule has 9 heteroatoms. The Morgan fingerprint density at radius 3 is 2.23 bits per heavy atom. The third-order valence-corrected chi connectivity index (χ3v) is 4.51. The van der Waals surface area contributed by atoms with Gasteiger partial charge in [-0.2, -0.15) is 0 Å². The van der Waals surface area contributed by atoms with Crippen LogP contribution in [0.5, 0.6) is 0 Å². The van der Waals surface area contributed by atoms with Crippen LogP contribution in [-0.4, -0.2) is 53.8 Å². The van der Waals surface area contributed by atoms with Crippen molar-refractivity contribution in [1.29, 1.82) is 0 Å². The van der Waals surface area contributed by atoms with Crippen molar-refractivity contribution in [3.63, 3.8) is 0 Å². The van der Waals surface area contributed by atoms with Crippen LogP contribution >= 0.6 is 0 Å². The summed E-state index contributed by atoms with van der Waals surface area (Å²) in [6.07, 6.45) is 3.14. The molecule has 2 rings (SSSR count). The van der Waals surface area contributed by atoms with E-state index in [4.69, 9.17) is 4.74 Å². The molecule has 0 spiro atoms. The smallest absolute Gasteiger partial charge is 0.321 e. The van der Waals surface area contributed by atoms with Crippen LogP contribution in [0, 0.1) is 11.8 Å². The molecular weight excluding hydrogens is 342 g/mol. The summed E-state index contributed by atoms with van der Waals surface area (Å²) in [6.45, 7) is 2.83. The number of fused-ring (bicyclic) bond motifs is 1. The second-order valence-electron chi connectivity index (χ2n) is 6.91. The molecule has 1 heterocycles. The standard InChI is InChI=1S/C17H25N3O6/c1-10(2)18-17(25)19-13(21)9-26-14(22)7-8-20-15(23)11-5-3-4-6-12(11)16(20)24/h10-12H,3-9H2,1-2H3,(H2,18,19,21,25)/t11-,12-/m0/s1. The number of ether oxygens (including phenoxy) is 1. The van der Waals surface area contributed by atoms with Crippen molar-refractivity contribution in [2.24, 2.45) is 11.8 Å². The lowest BCUT2D eigenvalue weighted by molar-refractivity contribution is -0.149. The van der Waals surface area contributed by atoms with Gasteiger partial charge in [0.15, 0.2) is 6.61 Å². The second kappa shape index (κ2) is 8.77. The van der Waals surface area contributed by atoms with Crippen LogP contribution in [0.1, 0.15) is 46.0 Å². The quantitative estimate of drug-likeness (QED) is 0.515. The molecule has 2 atom stereocenters. The van der Waals surface area contributed by atoms with Gasteiger partial charge in [-0.15, -0.1) is 0 Å². The van der Waals surface area contributed by atoms with E-state index in [1.807, 2.05) is 5.32 Å². The molecule has 0 aromatic rings. The summed E-state index contributed by atoms with van der Waals surface area (Å²) in [5, 5.41) is 4.49. The summed E-state index contributed by atoms with van der Waals surface area (Å²) in [7, 11) is 0. The van der Waals surface area contributed by atoms with Crippen LogP contribution in [0.3, 0.4) is 0 Å². The van der Waals surface area contributed by atoms with Gasteiger partial charge in [0, 0.05) is 12.6 Å². The third kappa shape index (κ3) is 5.03. The number of hydrogen-bond acceptors (Lipinski definition) is 6. The van der Waals surface area contributed by atoms with Crippen molar-refractivity contribution in [1.82, 2.24) is 15.5 Å². The van der Waals surface area contributed by atoms with E-state index in [0.717, 1.165) is 30.6 Å². The normalized spacial score (nSPS) is 22.2. The van der Waals surface area contributed by atoms with Crippen LogP contribution in [0.2, 0.25) is 0 Å². The van der Waals surface area contributed by atoms with E-state index in [9.17, 15) is 24.0 Å².